The van der Waals surface area contributed by atoms with Gasteiger partial charge in [-0.15, -0.1) is 23.1 Å². The number of thiazole rings is 1. The number of thioether (sulfide) groups is 1. The summed E-state index contributed by atoms with van der Waals surface area (Å²) in [5.41, 5.74) is 1.80. The summed E-state index contributed by atoms with van der Waals surface area (Å²) < 4.78 is 0. The van der Waals surface area contributed by atoms with E-state index < -0.39 is 5.25 Å². The Bertz CT molecular complexity index is 890. The molecule has 29 heavy (non-hydrogen) atoms. The lowest BCUT2D eigenvalue weighted by Crippen LogP contribution is -2.38. The third-order valence-electron chi connectivity index (χ3n) is 5.21. The van der Waals surface area contributed by atoms with Crippen LogP contribution in [-0.4, -0.2) is 40.0 Å². The third-order valence-corrected chi connectivity index (χ3v) is 7.29. The van der Waals surface area contributed by atoms with Crippen LogP contribution in [0.25, 0.3) is 0 Å². The van der Waals surface area contributed by atoms with Crippen molar-refractivity contribution < 1.29 is 9.59 Å². The number of fused-ring (bicyclic) bond motifs is 1. The predicted octanol–water partition coefficient (Wildman–Crippen LogP) is 4.06. The minimum atomic E-state index is -0.430. The van der Waals surface area contributed by atoms with E-state index in [9.17, 15) is 9.59 Å². The van der Waals surface area contributed by atoms with Crippen LogP contribution < -0.4 is 10.6 Å². The van der Waals surface area contributed by atoms with Gasteiger partial charge in [-0.25, -0.2) is 4.98 Å². The van der Waals surface area contributed by atoms with Crippen molar-refractivity contribution in [1.82, 2.24) is 9.88 Å². The Balaban J connectivity index is 1.31. The third kappa shape index (κ3) is 5.18. The highest BCUT2D eigenvalue weighted by Crippen LogP contribution is 2.36. The van der Waals surface area contributed by atoms with E-state index in [0.29, 0.717) is 17.0 Å². The number of nitrogens with zero attached hydrogens (tertiary/aromatic N) is 2. The predicted molar refractivity (Wildman–Crippen MR) is 118 cm³/mol. The molecule has 1 aromatic carbocycles. The van der Waals surface area contributed by atoms with Gasteiger partial charge in [0.25, 0.3) is 0 Å². The highest BCUT2D eigenvalue weighted by Gasteiger charge is 2.29. The van der Waals surface area contributed by atoms with Gasteiger partial charge in [0.05, 0.1) is 16.6 Å². The molecule has 1 saturated heterocycles. The van der Waals surface area contributed by atoms with Gasteiger partial charge in [0.1, 0.15) is 0 Å². The molecule has 1 aromatic heterocycles. The van der Waals surface area contributed by atoms with Crippen molar-refractivity contribution in [3.8, 4) is 0 Å². The van der Waals surface area contributed by atoms with Crippen LogP contribution in [0, 0.1) is 11.8 Å². The summed E-state index contributed by atoms with van der Waals surface area (Å²) in [4.78, 5) is 32.8. The van der Waals surface area contributed by atoms with Crippen molar-refractivity contribution in [2.75, 3.05) is 23.7 Å². The Morgan fingerprint density at radius 3 is 2.83 bits per heavy atom. The van der Waals surface area contributed by atoms with Crippen molar-refractivity contribution in [3.63, 3.8) is 0 Å². The van der Waals surface area contributed by atoms with E-state index in [2.05, 4.69) is 34.4 Å². The average Bonchev–Trinajstić information content (AvgIpc) is 3.08. The van der Waals surface area contributed by atoms with Gasteiger partial charge in [-0.1, -0.05) is 26.0 Å². The first-order chi connectivity index (χ1) is 14.0. The van der Waals surface area contributed by atoms with E-state index in [-0.39, 0.29) is 18.2 Å². The van der Waals surface area contributed by atoms with Crippen LogP contribution in [0.4, 0.5) is 10.8 Å². The van der Waals surface area contributed by atoms with E-state index in [4.69, 9.17) is 0 Å². The van der Waals surface area contributed by atoms with Gasteiger partial charge in [0, 0.05) is 36.3 Å². The van der Waals surface area contributed by atoms with Gasteiger partial charge >= 0.3 is 0 Å². The monoisotopic (exact) mass is 430 g/mol. The maximum Gasteiger partial charge on any atom is 0.238 e. The zero-order chi connectivity index (χ0) is 20.4. The number of para-hydroxylation sites is 1. The molecule has 0 spiro atoms. The van der Waals surface area contributed by atoms with Crippen LogP contribution in [0.15, 0.2) is 34.5 Å². The number of nitrogens with one attached hydrogen (secondary N) is 2. The number of piperidine rings is 1. The molecular formula is C21H26N4O2S2. The molecular weight excluding hydrogens is 404 g/mol. The van der Waals surface area contributed by atoms with Crippen LogP contribution in [0.2, 0.25) is 0 Å². The fraction of sp³-hybridized carbons (Fsp3) is 0.476. The second-order valence-electron chi connectivity index (χ2n) is 8.13. The van der Waals surface area contributed by atoms with E-state index in [1.807, 2.05) is 29.6 Å². The lowest BCUT2D eigenvalue weighted by atomic mass is 9.92. The molecule has 0 aliphatic carbocycles. The summed E-state index contributed by atoms with van der Waals surface area (Å²) in [5, 5.41) is 7.93. The summed E-state index contributed by atoms with van der Waals surface area (Å²) in [6, 6.07) is 7.65. The fourth-order valence-electron chi connectivity index (χ4n) is 4.15. The minimum Gasteiger partial charge on any atom is -0.324 e. The number of hydrogen-bond donors (Lipinski definition) is 2. The molecule has 3 heterocycles. The van der Waals surface area contributed by atoms with Gasteiger partial charge in [-0.05, 0) is 30.4 Å². The van der Waals surface area contributed by atoms with E-state index in [1.54, 1.807) is 0 Å². The maximum atomic E-state index is 12.5. The molecule has 2 N–H and O–H groups in total. The molecule has 0 bridgehead atoms. The molecule has 2 aromatic rings. The first-order valence-electron chi connectivity index (χ1n) is 9.99. The van der Waals surface area contributed by atoms with Gasteiger partial charge in [0.15, 0.2) is 5.13 Å². The van der Waals surface area contributed by atoms with Crippen molar-refractivity contribution in [3.05, 3.63) is 35.3 Å². The number of aromatic nitrogens is 1. The number of carbonyl (C=O) groups is 2. The second kappa shape index (κ2) is 8.85. The number of rotatable bonds is 5. The van der Waals surface area contributed by atoms with Crippen LogP contribution in [-0.2, 0) is 16.1 Å². The quantitative estimate of drug-likeness (QED) is 0.748. The number of carbonyl (C=O) groups excluding carboxylic acids is 2. The zero-order valence-corrected chi connectivity index (χ0v) is 18.3. The molecule has 2 amide bonds. The molecule has 8 heteroatoms. The topological polar surface area (TPSA) is 74.3 Å². The average molecular weight is 431 g/mol. The molecule has 3 atom stereocenters. The number of hydrogen-bond acceptors (Lipinski definition) is 6. The van der Waals surface area contributed by atoms with E-state index >= 15 is 0 Å². The lowest BCUT2D eigenvalue weighted by molar-refractivity contribution is -0.120. The standard InChI is InChI=1S/C21H26N4O2S2/c1-13-7-14(2)10-25(9-13)11-15-12-28-21(22-15)24-19(26)8-18-20(27)23-16-5-3-4-6-17(16)29-18/h3-6,12-14,18H,7-11H2,1-2H3,(H,23,27)(H,22,24,26)/t13-,14+,18-/m0/s1. The van der Waals surface area contributed by atoms with Crippen LogP contribution >= 0.6 is 23.1 Å². The zero-order valence-electron chi connectivity index (χ0n) is 16.7. The molecule has 0 unspecified atom stereocenters. The van der Waals surface area contributed by atoms with E-state index in [1.165, 1.54) is 29.5 Å². The highest BCUT2D eigenvalue weighted by molar-refractivity contribution is 8.01. The smallest absolute Gasteiger partial charge is 0.238 e. The highest BCUT2D eigenvalue weighted by atomic mass is 32.2. The summed E-state index contributed by atoms with van der Waals surface area (Å²) in [6.07, 6.45) is 1.41. The van der Waals surface area contributed by atoms with Gasteiger partial charge < -0.3 is 10.6 Å². The number of amides is 2. The number of anilines is 2. The normalized spacial score (nSPS) is 24.6. The lowest BCUT2D eigenvalue weighted by Gasteiger charge is -2.34. The summed E-state index contributed by atoms with van der Waals surface area (Å²) in [5.74, 6) is 1.11. The van der Waals surface area contributed by atoms with Crippen molar-refractivity contribution in [2.24, 2.45) is 11.8 Å². The van der Waals surface area contributed by atoms with Crippen LogP contribution in [0.3, 0.4) is 0 Å². The van der Waals surface area contributed by atoms with Crippen LogP contribution in [0.5, 0.6) is 0 Å². The van der Waals surface area contributed by atoms with Gasteiger partial charge in [-0.2, -0.15) is 0 Å². The maximum absolute atomic E-state index is 12.5. The summed E-state index contributed by atoms with van der Waals surface area (Å²) >= 11 is 2.88. The van der Waals surface area contributed by atoms with Crippen molar-refractivity contribution in [2.45, 2.75) is 43.4 Å². The Kier molecular flexibility index (Phi) is 6.22. The van der Waals surface area contributed by atoms with Gasteiger partial charge in [0.2, 0.25) is 11.8 Å². The second-order valence-corrected chi connectivity index (χ2v) is 10.2. The number of benzene rings is 1. The molecule has 2 aliphatic rings. The first-order valence-corrected chi connectivity index (χ1v) is 11.8. The van der Waals surface area contributed by atoms with Crippen molar-refractivity contribution in [1.29, 1.82) is 0 Å². The largest absolute Gasteiger partial charge is 0.324 e. The van der Waals surface area contributed by atoms with Crippen molar-refractivity contribution >= 4 is 45.7 Å². The van der Waals surface area contributed by atoms with E-state index in [0.717, 1.165) is 35.9 Å². The Morgan fingerprint density at radius 2 is 2.03 bits per heavy atom. The molecule has 0 radical (unpaired) electrons. The molecule has 0 saturated carbocycles. The Morgan fingerprint density at radius 1 is 1.28 bits per heavy atom. The Hall–Kier alpha value is -1.90. The molecule has 1 fully saturated rings. The minimum absolute atomic E-state index is 0.126. The Labute approximate surface area is 179 Å². The fourth-order valence-corrected chi connectivity index (χ4v) is 5.98. The molecule has 6 nitrogen and oxygen atoms in total. The first kappa shape index (κ1) is 20.4. The molecule has 154 valence electrons. The van der Waals surface area contributed by atoms with Crippen LogP contribution in [0.1, 0.15) is 32.4 Å². The number of likely N-dealkylation sites (tertiary alicyclic amines) is 1. The summed E-state index contributed by atoms with van der Waals surface area (Å²) in [6.45, 7) is 7.61. The summed E-state index contributed by atoms with van der Waals surface area (Å²) in [7, 11) is 0. The molecule has 2 aliphatic heterocycles. The SMILES string of the molecule is C[C@@H]1C[C@H](C)CN(Cc2csc(NC(=O)C[C@@H]3Sc4ccccc4NC3=O)n2)C1. The van der Waals surface area contributed by atoms with Gasteiger partial charge in [-0.3, -0.25) is 14.5 Å². The molecule has 4 rings (SSSR count).